The van der Waals surface area contributed by atoms with Crippen molar-refractivity contribution in [1.82, 2.24) is 0 Å². The standard InChI is InChI=1S/C7H6Cl2N2/c8-6-2-1-3-7(9)5(6)4-11-10/h1-4H,10H2. The zero-order valence-corrected chi connectivity index (χ0v) is 7.10. The molecule has 1 aromatic rings. The summed E-state index contributed by atoms with van der Waals surface area (Å²) in [4.78, 5) is 0. The molecule has 1 aromatic carbocycles. The number of nitrogens with zero attached hydrogens (tertiary/aromatic N) is 1. The van der Waals surface area contributed by atoms with E-state index in [-0.39, 0.29) is 0 Å². The topological polar surface area (TPSA) is 38.4 Å². The van der Waals surface area contributed by atoms with Gasteiger partial charge in [-0.3, -0.25) is 0 Å². The third-order valence-corrected chi connectivity index (χ3v) is 1.86. The molecule has 2 N–H and O–H groups in total. The molecule has 0 aliphatic rings. The van der Waals surface area contributed by atoms with Gasteiger partial charge >= 0.3 is 0 Å². The molecule has 1 rings (SSSR count). The van der Waals surface area contributed by atoms with Crippen LogP contribution in [0.3, 0.4) is 0 Å². The number of nitrogens with two attached hydrogens (primary N) is 1. The van der Waals surface area contributed by atoms with Gasteiger partial charge in [-0.05, 0) is 12.1 Å². The summed E-state index contributed by atoms with van der Waals surface area (Å²) in [5, 5.41) is 4.43. The van der Waals surface area contributed by atoms with Gasteiger partial charge in [0.2, 0.25) is 0 Å². The van der Waals surface area contributed by atoms with E-state index < -0.39 is 0 Å². The van der Waals surface area contributed by atoms with Gasteiger partial charge in [0.25, 0.3) is 0 Å². The van der Waals surface area contributed by atoms with Crippen LogP contribution in [0.2, 0.25) is 10.0 Å². The van der Waals surface area contributed by atoms with E-state index in [9.17, 15) is 0 Å². The maximum atomic E-state index is 5.78. The second-order valence-corrected chi connectivity index (χ2v) is 2.73. The molecule has 0 saturated carbocycles. The van der Waals surface area contributed by atoms with Crippen LogP contribution in [0.5, 0.6) is 0 Å². The number of benzene rings is 1. The van der Waals surface area contributed by atoms with Crippen molar-refractivity contribution in [1.29, 1.82) is 0 Å². The molecule has 58 valence electrons. The van der Waals surface area contributed by atoms with Gasteiger partial charge in [-0.25, -0.2) is 0 Å². The van der Waals surface area contributed by atoms with Gasteiger partial charge in [0.05, 0.1) is 16.3 Å². The first kappa shape index (κ1) is 8.37. The Morgan fingerprint density at radius 3 is 2.27 bits per heavy atom. The van der Waals surface area contributed by atoms with E-state index in [0.29, 0.717) is 15.6 Å². The highest BCUT2D eigenvalue weighted by Gasteiger charge is 2.00. The van der Waals surface area contributed by atoms with E-state index in [2.05, 4.69) is 5.10 Å². The third-order valence-electron chi connectivity index (χ3n) is 1.20. The van der Waals surface area contributed by atoms with Crippen LogP contribution in [0.4, 0.5) is 0 Å². The summed E-state index contributed by atoms with van der Waals surface area (Å²) in [5.41, 5.74) is 0.651. The van der Waals surface area contributed by atoms with Crippen LogP contribution in [0.15, 0.2) is 23.3 Å². The second-order valence-electron chi connectivity index (χ2n) is 1.91. The molecule has 0 aromatic heterocycles. The normalized spacial score (nSPS) is 10.7. The lowest BCUT2D eigenvalue weighted by Crippen LogP contribution is -1.88. The molecule has 4 heteroatoms. The Labute approximate surface area is 74.6 Å². The molecule has 11 heavy (non-hydrogen) atoms. The van der Waals surface area contributed by atoms with Crippen LogP contribution in [0.1, 0.15) is 5.56 Å². The van der Waals surface area contributed by atoms with Gasteiger partial charge in [0.15, 0.2) is 0 Å². The second kappa shape index (κ2) is 3.60. The van der Waals surface area contributed by atoms with Gasteiger partial charge in [-0.2, -0.15) is 5.10 Å². The molecule has 2 nitrogen and oxygen atoms in total. The molecule has 0 spiro atoms. The lowest BCUT2D eigenvalue weighted by molar-refractivity contribution is 1.26. The van der Waals surface area contributed by atoms with Gasteiger partial charge in [-0.1, -0.05) is 29.3 Å². The van der Waals surface area contributed by atoms with Crippen molar-refractivity contribution in [2.24, 2.45) is 10.9 Å². The molecule has 0 aliphatic carbocycles. The summed E-state index contributed by atoms with van der Waals surface area (Å²) in [5.74, 6) is 4.95. The maximum absolute atomic E-state index is 5.78. The van der Waals surface area contributed by atoms with Crippen LogP contribution < -0.4 is 5.84 Å². The Bertz CT molecular complexity index is 264. The third kappa shape index (κ3) is 1.85. The Morgan fingerprint density at radius 2 is 1.82 bits per heavy atom. The highest BCUT2D eigenvalue weighted by molar-refractivity contribution is 6.38. The minimum absolute atomic E-state index is 0.548. The number of hydrogen-bond donors (Lipinski definition) is 1. The van der Waals surface area contributed by atoms with Crippen LogP contribution in [-0.4, -0.2) is 6.21 Å². The maximum Gasteiger partial charge on any atom is 0.0568 e. The van der Waals surface area contributed by atoms with E-state index in [1.165, 1.54) is 6.21 Å². The summed E-state index contributed by atoms with van der Waals surface area (Å²) in [6, 6.07) is 5.22. The van der Waals surface area contributed by atoms with E-state index in [0.717, 1.165) is 0 Å². The van der Waals surface area contributed by atoms with Crippen molar-refractivity contribution in [3.8, 4) is 0 Å². The number of hydrogen-bond acceptors (Lipinski definition) is 2. The van der Waals surface area contributed by atoms with Crippen molar-refractivity contribution < 1.29 is 0 Å². The summed E-state index contributed by atoms with van der Waals surface area (Å²) < 4.78 is 0. The largest absolute Gasteiger partial charge is 0.323 e. The predicted molar refractivity (Wildman–Crippen MR) is 48.2 cm³/mol. The Balaban J connectivity index is 3.20. The summed E-state index contributed by atoms with van der Waals surface area (Å²) in [6.45, 7) is 0. The summed E-state index contributed by atoms with van der Waals surface area (Å²) in [7, 11) is 0. The molecule has 0 heterocycles. The zero-order valence-electron chi connectivity index (χ0n) is 5.59. The van der Waals surface area contributed by atoms with Crippen molar-refractivity contribution >= 4 is 29.4 Å². The predicted octanol–water partition coefficient (Wildman–Crippen LogP) is 2.29. The first-order valence-electron chi connectivity index (χ1n) is 2.93. The monoisotopic (exact) mass is 188 g/mol. The first-order chi connectivity index (χ1) is 5.25. The molecule has 0 saturated heterocycles. The average Bonchev–Trinajstić information content (AvgIpc) is 1.97. The highest BCUT2D eigenvalue weighted by atomic mass is 35.5. The summed E-state index contributed by atoms with van der Waals surface area (Å²) in [6.07, 6.45) is 1.42. The highest BCUT2D eigenvalue weighted by Crippen LogP contribution is 2.21. The molecule has 0 unspecified atom stereocenters. The summed E-state index contributed by atoms with van der Waals surface area (Å²) >= 11 is 11.6. The van der Waals surface area contributed by atoms with Gasteiger partial charge in [0.1, 0.15) is 0 Å². The molecule has 0 fully saturated rings. The fraction of sp³-hybridized carbons (Fsp3) is 0. The van der Waals surface area contributed by atoms with Gasteiger partial charge in [0, 0.05) is 5.56 Å². The van der Waals surface area contributed by atoms with Crippen molar-refractivity contribution in [2.75, 3.05) is 0 Å². The number of hydrazone groups is 1. The molecule has 0 atom stereocenters. The van der Waals surface area contributed by atoms with Crippen molar-refractivity contribution in [3.05, 3.63) is 33.8 Å². The molecular formula is C7H6Cl2N2. The molecular weight excluding hydrogens is 183 g/mol. The molecule has 0 radical (unpaired) electrons. The first-order valence-corrected chi connectivity index (χ1v) is 3.68. The van der Waals surface area contributed by atoms with E-state index in [1.807, 2.05) is 0 Å². The van der Waals surface area contributed by atoms with E-state index in [4.69, 9.17) is 29.0 Å². The van der Waals surface area contributed by atoms with E-state index in [1.54, 1.807) is 18.2 Å². The van der Waals surface area contributed by atoms with Crippen LogP contribution >= 0.6 is 23.2 Å². The lowest BCUT2D eigenvalue weighted by Gasteiger charge is -1.98. The van der Waals surface area contributed by atoms with Gasteiger partial charge in [-0.15, -0.1) is 0 Å². The Morgan fingerprint density at radius 1 is 1.27 bits per heavy atom. The minimum Gasteiger partial charge on any atom is -0.323 e. The smallest absolute Gasteiger partial charge is 0.0568 e. The minimum atomic E-state index is 0.548. The van der Waals surface area contributed by atoms with Crippen LogP contribution in [-0.2, 0) is 0 Å². The lowest BCUT2D eigenvalue weighted by atomic mass is 10.2. The SMILES string of the molecule is NN=Cc1c(Cl)cccc1Cl. The van der Waals surface area contributed by atoms with Gasteiger partial charge < -0.3 is 5.84 Å². The van der Waals surface area contributed by atoms with Crippen molar-refractivity contribution in [3.63, 3.8) is 0 Å². The Hall–Kier alpha value is -0.730. The van der Waals surface area contributed by atoms with Crippen LogP contribution in [0.25, 0.3) is 0 Å². The average molecular weight is 189 g/mol. The fourth-order valence-corrected chi connectivity index (χ4v) is 1.20. The number of halogens is 2. The molecule has 0 amide bonds. The van der Waals surface area contributed by atoms with Crippen molar-refractivity contribution in [2.45, 2.75) is 0 Å². The number of rotatable bonds is 1. The van der Waals surface area contributed by atoms with Crippen LogP contribution in [0, 0.1) is 0 Å². The molecule has 0 aliphatic heterocycles. The Kier molecular flexibility index (Phi) is 2.74. The van der Waals surface area contributed by atoms with E-state index >= 15 is 0 Å². The zero-order chi connectivity index (χ0) is 8.27. The fourth-order valence-electron chi connectivity index (χ4n) is 0.709. The quantitative estimate of drug-likeness (QED) is 0.410. The molecule has 0 bridgehead atoms.